The van der Waals surface area contributed by atoms with Crippen molar-refractivity contribution in [3.8, 4) is 0 Å². The van der Waals surface area contributed by atoms with Crippen LogP contribution >= 0.6 is 0 Å². The minimum Gasteiger partial charge on any atom is -0.466 e. The highest BCUT2D eigenvalue weighted by atomic mass is 16.5. The lowest BCUT2D eigenvalue weighted by atomic mass is 10.2. The minimum absolute atomic E-state index is 0.281. The van der Waals surface area contributed by atoms with Crippen LogP contribution in [0.1, 0.15) is 12.5 Å². The number of methoxy groups -OCH3 is 2. The molecule has 2 aromatic rings. The summed E-state index contributed by atoms with van der Waals surface area (Å²) in [5.41, 5.74) is 2.22. The number of rotatable bonds is 4. The maximum atomic E-state index is 11.2. The molecule has 0 bridgehead atoms. The second-order valence-corrected chi connectivity index (χ2v) is 6.29. The van der Waals surface area contributed by atoms with Gasteiger partial charge < -0.3 is 9.47 Å². The Morgan fingerprint density at radius 2 is 1.29 bits per heavy atom. The maximum Gasteiger partial charge on any atom is 0.332 e. The second kappa shape index (κ2) is 17.1. The molecule has 0 radical (unpaired) electrons. The number of para-hydroxylation sites is 1. The lowest BCUT2D eigenvalue weighted by Crippen LogP contribution is -2.29. The summed E-state index contributed by atoms with van der Waals surface area (Å²) in [6.45, 7) is 11.7. The standard InChI is InChI=1S/C10H7NO2.C8H8.C5H8O2.C4H6O2/c12-9-6-7-10(13)11(9)8-4-2-1-3-5-8;1-2-8-6-4-3-5-7-8;1-4(2)5(6)7-3;1-3-4(5)6-2/h1-7H;2-7H,1H2;1H2,2-3H3;3H,1H2,2H3. The zero-order chi connectivity index (χ0) is 25.9. The molecule has 0 aliphatic carbocycles. The molecule has 2 aromatic carbocycles. The first-order valence-electron chi connectivity index (χ1n) is 9.94. The third kappa shape index (κ3) is 11.8. The van der Waals surface area contributed by atoms with E-state index in [2.05, 4.69) is 29.2 Å². The number of benzene rings is 2. The van der Waals surface area contributed by atoms with Crippen LogP contribution in [0.4, 0.5) is 5.69 Å². The summed E-state index contributed by atoms with van der Waals surface area (Å²) in [4.78, 5) is 43.6. The van der Waals surface area contributed by atoms with Gasteiger partial charge in [-0.15, -0.1) is 0 Å². The van der Waals surface area contributed by atoms with E-state index in [4.69, 9.17) is 0 Å². The number of carbonyl (C=O) groups excluding carboxylic acids is 4. The molecule has 0 atom stereocenters. The van der Waals surface area contributed by atoms with Crippen LogP contribution in [-0.4, -0.2) is 38.0 Å². The Labute approximate surface area is 200 Å². The van der Waals surface area contributed by atoms with E-state index in [-0.39, 0.29) is 17.8 Å². The molecule has 0 unspecified atom stereocenters. The fourth-order valence-corrected chi connectivity index (χ4v) is 2.08. The second-order valence-electron chi connectivity index (χ2n) is 6.29. The highest BCUT2D eigenvalue weighted by molar-refractivity contribution is 6.28. The Hall–Kier alpha value is -4.52. The lowest BCUT2D eigenvalue weighted by molar-refractivity contribution is -0.136. The van der Waals surface area contributed by atoms with Crippen LogP contribution < -0.4 is 4.90 Å². The number of hydrogen-bond acceptors (Lipinski definition) is 6. The summed E-state index contributed by atoms with van der Waals surface area (Å²) in [7, 11) is 2.64. The molecule has 34 heavy (non-hydrogen) atoms. The first-order chi connectivity index (χ1) is 16.2. The molecule has 0 spiro atoms. The van der Waals surface area contributed by atoms with Crippen LogP contribution in [0.25, 0.3) is 6.08 Å². The van der Waals surface area contributed by atoms with E-state index < -0.39 is 5.97 Å². The number of anilines is 1. The third-order valence-electron chi connectivity index (χ3n) is 3.76. The third-order valence-corrected chi connectivity index (χ3v) is 3.76. The Balaban J connectivity index is 0.000000454. The van der Waals surface area contributed by atoms with Crippen LogP contribution in [-0.2, 0) is 28.7 Å². The molecule has 0 N–H and O–H groups in total. The van der Waals surface area contributed by atoms with Gasteiger partial charge in [-0.25, -0.2) is 14.5 Å². The molecule has 1 heterocycles. The van der Waals surface area contributed by atoms with Crippen molar-refractivity contribution >= 4 is 35.5 Å². The van der Waals surface area contributed by atoms with Gasteiger partial charge in [0.2, 0.25) is 0 Å². The highest BCUT2D eigenvalue weighted by Gasteiger charge is 2.24. The fraction of sp³-hybridized carbons (Fsp3) is 0.111. The molecular formula is C27H29NO6. The molecule has 0 aromatic heterocycles. The van der Waals surface area contributed by atoms with Gasteiger partial charge in [0, 0.05) is 23.8 Å². The van der Waals surface area contributed by atoms with Gasteiger partial charge >= 0.3 is 11.9 Å². The summed E-state index contributed by atoms with van der Waals surface area (Å²) >= 11 is 0. The van der Waals surface area contributed by atoms with E-state index in [0.717, 1.165) is 11.0 Å². The zero-order valence-electron chi connectivity index (χ0n) is 19.6. The van der Waals surface area contributed by atoms with Gasteiger partial charge in [-0.05, 0) is 24.6 Å². The van der Waals surface area contributed by atoms with Crippen LogP contribution in [0.2, 0.25) is 0 Å². The molecule has 7 heteroatoms. The molecule has 178 valence electrons. The van der Waals surface area contributed by atoms with Crippen LogP contribution in [0, 0.1) is 0 Å². The fourth-order valence-electron chi connectivity index (χ4n) is 2.08. The summed E-state index contributed by atoms with van der Waals surface area (Å²) in [5.74, 6) is -1.30. The summed E-state index contributed by atoms with van der Waals surface area (Å²) in [5, 5.41) is 0. The Bertz CT molecular complexity index is 992. The number of imide groups is 1. The number of nitrogens with zero attached hydrogens (tertiary/aromatic N) is 1. The number of esters is 2. The van der Waals surface area contributed by atoms with Crippen LogP contribution in [0.15, 0.2) is 104 Å². The average Bonchev–Trinajstić information content (AvgIpc) is 3.22. The molecule has 7 nitrogen and oxygen atoms in total. The predicted octanol–water partition coefficient (Wildman–Crippen LogP) is 4.53. The summed E-state index contributed by atoms with van der Waals surface area (Å²) in [6, 6.07) is 18.9. The number of amides is 2. The molecule has 3 rings (SSSR count). The molecule has 0 fully saturated rings. The maximum absolute atomic E-state index is 11.2. The van der Waals surface area contributed by atoms with Gasteiger partial charge in [0.05, 0.1) is 19.9 Å². The van der Waals surface area contributed by atoms with Crippen molar-refractivity contribution < 1.29 is 28.7 Å². The van der Waals surface area contributed by atoms with E-state index >= 15 is 0 Å². The largest absolute Gasteiger partial charge is 0.466 e. The zero-order valence-corrected chi connectivity index (χ0v) is 19.6. The van der Waals surface area contributed by atoms with Crippen LogP contribution in [0.5, 0.6) is 0 Å². The van der Waals surface area contributed by atoms with Crippen molar-refractivity contribution in [3.63, 3.8) is 0 Å². The van der Waals surface area contributed by atoms with Crippen molar-refractivity contribution in [2.75, 3.05) is 19.1 Å². The number of ether oxygens (including phenoxy) is 2. The lowest BCUT2D eigenvalue weighted by Gasteiger charge is -2.12. The number of hydrogen-bond donors (Lipinski definition) is 0. The van der Waals surface area contributed by atoms with E-state index in [1.807, 2.05) is 42.5 Å². The van der Waals surface area contributed by atoms with E-state index in [9.17, 15) is 19.2 Å². The Morgan fingerprint density at radius 3 is 1.56 bits per heavy atom. The normalized spacial score (nSPS) is 10.7. The molecule has 0 saturated carbocycles. The van der Waals surface area contributed by atoms with Crippen molar-refractivity contribution in [1.82, 2.24) is 0 Å². The predicted molar refractivity (Wildman–Crippen MR) is 134 cm³/mol. The SMILES string of the molecule is C=C(C)C(=O)OC.C=CC(=O)OC.C=Cc1ccccc1.O=C1C=CC(=O)N1c1ccccc1. The molecule has 1 aliphatic rings. The van der Waals surface area contributed by atoms with Gasteiger partial charge in [-0.2, -0.15) is 0 Å². The van der Waals surface area contributed by atoms with E-state index in [1.54, 1.807) is 31.2 Å². The van der Waals surface area contributed by atoms with Gasteiger partial charge in [0.15, 0.2) is 0 Å². The molecule has 2 amide bonds. The van der Waals surface area contributed by atoms with E-state index in [1.165, 1.54) is 31.9 Å². The molecule has 1 aliphatic heterocycles. The monoisotopic (exact) mass is 463 g/mol. The van der Waals surface area contributed by atoms with Crippen molar-refractivity contribution in [3.05, 3.63) is 110 Å². The first kappa shape index (κ1) is 29.5. The highest BCUT2D eigenvalue weighted by Crippen LogP contribution is 2.17. The van der Waals surface area contributed by atoms with Gasteiger partial charge in [-0.1, -0.05) is 74.3 Å². The summed E-state index contributed by atoms with van der Waals surface area (Å²) < 4.78 is 8.42. The van der Waals surface area contributed by atoms with Gasteiger partial charge in [-0.3, -0.25) is 9.59 Å². The smallest absolute Gasteiger partial charge is 0.332 e. The van der Waals surface area contributed by atoms with Gasteiger partial charge in [0.25, 0.3) is 11.8 Å². The van der Waals surface area contributed by atoms with E-state index in [0.29, 0.717) is 11.3 Å². The first-order valence-corrected chi connectivity index (χ1v) is 9.94. The minimum atomic E-state index is -0.394. The quantitative estimate of drug-likeness (QED) is 0.376. The van der Waals surface area contributed by atoms with Crippen LogP contribution in [0.3, 0.4) is 0 Å². The molecular weight excluding hydrogens is 434 g/mol. The van der Waals surface area contributed by atoms with Crippen molar-refractivity contribution in [2.45, 2.75) is 6.92 Å². The topological polar surface area (TPSA) is 90.0 Å². The average molecular weight is 464 g/mol. The summed E-state index contributed by atoms with van der Waals surface area (Å²) in [6.07, 6.45) is 5.49. The number of carbonyl (C=O) groups is 4. The van der Waals surface area contributed by atoms with Crippen molar-refractivity contribution in [2.24, 2.45) is 0 Å². The Kier molecular flexibility index (Phi) is 14.8. The van der Waals surface area contributed by atoms with Crippen molar-refractivity contribution in [1.29, 1.82) is 0 Å². The van der Waals surface area contributed by atoms with Gasteiger partial charge in [0.1, 0.15) is 0 Å². The Morgan fingerprint density at radius 1 is 0.824 bits per heavy atom. The molecule has 0 saturated heterocycles.